The summed E-state index contributed by atoms with van der Waals surface area (Å²) in [5.74, 6) is 1.49. The van der Waals surface area contributed by atoms with Gasteiger partial charge in [-0.1, -0.05) is 30.3 Å². The van der Waals surface area contributed by atoms with Crippen LogP contribution in [0.15, 0.2) is 42.5 Å². The van der Waals surface area contributed by atoms with Crippen LogP contribution in [0.5, 0.6) is 11.5 Å². The Hall–Kier alpha value is -2.00. The van der Waals surface area contributed by atoms with Crippen LogP contribution < -0.4 is 15.2 Å². The maximum absolute atomic E-state index is 6.22. The Labute approximate surface area is 126 Å². The Morgan fingerprint density at radius 1 is 0.952 bits per heavy atom. The van der Waals surface area contributed by atoms with Crippen molar-refractivity contribution in [3.63, 3.8) is 0 Å². The van der Waals surface area contributed by atoms with Crippen LogP contribution in [-0.2, 0) is 0 Å². The van der Waals surface area contributed by atoms with Crippen molar-refractivity contribution in [2.24, 2.45) is 5.73 Å². The third-order valence-electron chi connectivity index (χ3n) is 3.53. The minimum absolute atomic E-state index is 0.154. The Morgan fingerprint density at radius 2 is 1.62 bits per heavy atom. The van der Waals surface area contributed by atoms with Gasteiger partial charge in [0.25, 0.3) is 0 Å². The summed E-state index contributed by atoms with van der Waals surface area (Å²) < 4.78 is 11.4. The van der Waals surface area contributed by atoms with E-state index in [0.717, 1.165) is 17.1 Å². The lowest BCUT2D eigenvalue weighted by atomic mass is 10.0. The highest BCUT2D eigenvalue weighted by Gasteiger charge is 2.10. The maximum Gasteiger partial charge on any atom is 0.161 e. The normalized spacial score (nSPS) is 12.0. The fraction of sp³-hybridized carbons (Fsp3) is 0.333. The van der Waals surface area contributed by atoms with E-state index in [1.165, 1.54) is 11.1 Å². The average molecular weight is 285 g/mol. The van der Waals surface area contributed by atoms with Gasteiger partial charge in [0.1, 0.15) is 6.61 Å². The minimum atomic E-state index is -0.154. The molecule has 21 heavy (non-hydrogen) atoms. The monoisotopic (exact) mass is 285 g/mol. The summed E-state index contributed by atoms with van der Waals surface area (Å²) in [4.78, 5) is 0. The van der Waals surface area contributed by atoms with Gasteiger partial charge in [-0.05, 0) is 49.6 Å². The van der Waals surface area contributed by atoms with Crippen LogP contribution in [0.4, 0.5) is 0 Å². The highest BCUT2D eigenvalue weighted by atomic mass is 16.5. The van der Waals surface area contributed by atoms with Crippen LogP contribution in [0.3, 0.4) is 0 Å². The lowest BCUT2D eigenvalue weighted by molar-refractivity contribution is 0.261. The van der Waals surface area contributed by atoms with Crippen molar-refractivity contribution in [1.29, 1.82) is 0 Å². The van der Waals surface area contributed by atoms with Gasteiger partial charge in [-0.2, -0.15) is 0 Å². The summed E-state index contributed by atoms with van der Waals surface area (Å²) in [6, 6.07) is 13.8. The molecule has 0 saturated heterocycles. The van der Waals surface area contributed by atoms with E-state index in [2.05, 4.69) is 32.0 Å². The molecular formula is C18H23NO2. The van der Waals surface area contributed by atoms with Crippen molar-refractivity contribution in [3.05, 3.63) is 59.2 Å². The quantitative estimate of drug-likeness (QED) is 0.878. The number of para-hydroxylation sites is 2. The fourth-order valence-electron chi connectivity index (χ4n) is 2.12. The zero-order valence-electron chi connectivity index (χ0n) is 12.9. The van der Waals surface area contributed by atoms with Crippen molar-refractivity contribution in [2.45, 2.75) is 26.8 Å². The number of hydrogen-bond donors (Lipinski definition) is 1. The summed E-state index contributed by atoms with van der Waals surface area (Å²) in [5.41, 5.74) is 9.83. The Morgan fingerprint density at radius 3 is 2.24 bits per heavy atom. The van der Waals surface area contributed by atoms with Gasteiger partial charge in [-0.25, -0.2) is 0 Å². The van der Waals surface area contributed by atoms with Crippen LogP contribution in [-0.4, -0.2) is 13.2 Å². The van der Waals surface area contributed by atoms with E-state index in [1.54, 1.807) is 0 Å². The van der Waals surface area contributed by atoms with E-state index in [4.69, 9.17) is 15.2 Å². The molecule has 0 amide bonds. The predicted molar refractivity (Wildman–Crippen MR) is 86.0 cm³/mol. The largest absolute Gasteiger partial charge is 0.490 e. The number of aryl methyl sites for hydroxylation is 2. The lowest BCUT2D eigenvalue weighted by Crippen LogP contribution is -2.19. The second kappa shape index (κ2) is 7.14. The van der Waals surface area contributed by atoms with Gasteiger partial charge in [0.15, 0.2) is 11.5 Å². The second-order valence-electron chi connectivity index (χ2n) is 5.14. The van der Waals surface area contributed by atoms with Crippen LogP contribution in [0.25, 0.3) is 0 Å². The zero-order chi connectivity index (χ0) is 15.2. The van der Waals surface area contributed by atoms with Crippen LogP contribution in [0, 0.1) is 13.8 Å². The molecule has 0 aliphatic carbocycles. The molecule has 0 aliphatic rings. The van der Waals surface area contributed by atoms with E-state index < -0.39 is 0 Å². The predicted octanol–water partition coefficient (Wildman–Crippen LogP) is 3.78. The molecule has 2 aromatic rings. The van der Waals surface area contributed by atoms with Crippen LogP contribution >= 0.6 is 0 Å². The summed E-state index contributed by atoms with van der Waals surface area (Å²) in [5, 5.41) is 0. The number of ether oxygens (including phenoxy) is 2. The third-order valence-corrected chi connectivity index (χ3v) is 3.53. The Kier molecular flexibility index (Phi) is 5.23. The minimum Gasteiger partial charge on any atom is -0.490 e. The van der Waals surface area contributed by atoms with Crippen molar-refractivity contribution < 1.29 is 9.47 Å². The molecule has 3 nitrogen and oxygen atoms in total. The SMILES string of the molecule is CCOc1ccccc1OCC(N)c1ccc(C)c(C)c1. The molecule has 0 fully saturated rings. The molecule has 112 valence electrons. The van der Waals surface area contributed by atoms with Gasteiger partial charge in [0.05, 0.1) is 12.6 Å². The van der Waals surface area contributed by atoms with Gasteiger partial charge in [0.2, 0.25) is 0 Å². The van der Waals surface area contributed by atoms with E-state index in [1.807, 2.05) is 31.2 Å². The molecule has 0 radical (unpaired) electrons. The van der Waals surface area contributed by atoms with Crippen LogP contribution in [0.2, 0.25) is 0 Å². The Bertz CT molecular complexity index is 596. The smallest absolute Gasteiger partial charge is 0.161 e. The van der Waals surface area contributed by atoms with E-state index in [-0.39, 0.29) is 6.04 Å². The molecule has 0 aromatic heterocycles. The zero-order valence-corrected chi connectivity index (χ0v) is 12.9. The van der Waals surface area contributed by atoms with Crippen molar-refractivity contribution in [1.82, 2.24) is 0 Å². The molecule has 2 aromatic carbocycles. The molecule has 2 rings (SSSR count). The summed E-state index contributed by atoms with van der Waals surface area (Å²) in [6.07, 6.45) is 0. The molecule has 0 aliphatic heterocycles. The lowest BCUT2D eigenvalue weighted by Gasteiger charge is -2.16. The third kappa shape index (κ3) is 3.99. The topological polar surface area (TPSA) is 44.5 Å². The Balaban J connectivity index is 2.03. The first-order chi connectivity index (χ1) is 10.1. The van der Waals surface area contributed by atoms with Gasteiger partial charge in [0, 0.05) is 0 Å². The first kappa shape index (κ1) is 15.4. The highest BCUT2D eigenvalue weighted by Crippen LogP contribution is 2.27. The summed E-state index contributed by atoms with van der Waals surface area (Å²) in [7, 11) is 0. The van der Waals surface area contributed by atoms with Gasteiger partial charge >= 0.3 is 0 Å². The first-order valence-corrected chi connectivity index (χ1v) is 7.29. The van der Waals surface area contributed by atoms with Crippen LogP contribution in [0.1, 0.15) is 29.7 Å². The number of hydrogen-bond acceptors (Lipinski definition) is 3. The van der Waals surface area contributed by atoms with E-state index in [0.29, 0.717) is 13.2 Å². The molecule has 2 N–H and O–H groups in total. The molecule has 0 saturated carbocycles. The molecule has 0 bridgehead atoms. The van der Waals surface area contributed by atoms with E-state index >= 15 is 0 Å². The average Bonchev–Trinajstić information content (AvgIpc) is 2.49. The van der Waals surface area contributed by atoms with Crippen molar-refractivity contribution in [3.8, 4) is 11.5 Å². The molecule has 0 heterocycles. The van der Waals surface area contributed by atoms with Crippen molar-refractivity contribution >= 4 is 0 Å². The second-order valence-corrected chi connectivity index (χ2v) is 5.14. The molecule has 0 spiro atoms. The summed E-state index contributed by atoms with van der Waals surface area (Å²) in [6.45, 7) is 7.18. The molecule has 1 atom stereocenters. The molecule has 3 heteroatoms. The van der Waals surface area contributed by atoms with Gasteiger partial charge in [-0.15, -0.1) is 0 Å². The van der Waals surface area contributed by atoms with E-state index in [9.17, 15) is 0 Å². The molecular weight excluding hydrogens is 262 g/mol. The van der Waals surface area contributed by atoms with Crippen molar-refractivity contribution in [2.75, 3.05) is 13.2 Å². The highest BCUT2D eigenvalue weighted by molar-refractivity contribution is 5.39. The number of rotatable bonds is 6. The molecule has 1 unspecified atom stereocenters. The maximum atomic E-state index is 6.22. The number of benzene rings is 2. The summed E-state index contributed by atoms with van der Waals surface area (Å²) >= 11 is 0. The number of nitrogens with two attached hydrogens (primary N) is 1. The van der Waals surface area contributed by atoms with Gasteiger partial charge < -0.3 is 15.2 Å². The standard InChI is InChI=1S/C18H23NO2/c1-4-20-17-7-5-6-8-18(17)21-12-16(19)15-10-9-13(2)14(3)11-15/h5-11,16H,4,12,19H2,1-3H3. The van der Waals surface area contributed by atoms with Gasteiger partial charge in [-0.3, -0.25) is 0 Å². The first-order valence-electron chi connectivity index (χ1n) is 7.29. The fourth-order valence-corrected chi connectivity index (χ4v) is 2.12.